The van der Waals surface area contributed by atoms with Gasteiger partial charge in [0.25, 0.3) is 5.91 Å². The maximum atomic E-state index is 12.0. The number of anilines is 1. The van der Waals surface area contributed by atoms with Gasteiger partial charge in [-0.25, -0.2) is 9.97 Å². The van der Waals surface area contributed by atoms with Crippen LogP contribution >= 0.6 is 0 Å². The third kappa shape index (κ3) is 3.13. The first kappa shape index (κ1) is 12.9. The van der Waals surface area contributed by atoms with Gasteiger partial charge in [0.1, 0.15) is 6.54 Å². The van der Waals surface area contributed by atoms with E-state index in [-0.39, 0.29) is 17.6 Å². The van der Waals surface area contributed by atoms with Crippen molar-refractivity contribution in [3.63, 3.8) is 0 Å². The molecule has 1 heterocycles. The minimum Gasteiger partial charge on any atom is -0.480 e. The Balaban J connectivity index is 3.00. The molecule has 0 bridgehead atoms. The number of amides is 1. The molecular formula is C10H14N4O3. The van der Waals surface area contributed by atoms with Crippen molar-refractivity contribution in [3.8, 4) is 0 Å². The highest BCUT2D eigenvalue weighted by molar-refractivity contribution is 5.97. The van der Waals surface area contributed by atoms with E-state index in [0.717, 1.165) is 0 Å². The van der Waals surface area contributed by atoms with E-state index in [1.54, 1.807) is 13.8 Å². The van der Waals surface area contributed by atoms with Gasteiger partial charge in [-0.2, -0.15) is 0 Å². The summed E-state index contributed by atoms with van der Waals surface area (Å²) in [6.45, 7) is 3.04. The fraction of sp³-hybridized carbons (Fsp3) is 0.400. The van der Waals surface area contributed by atoms with Crippen LogP contribution in [0.3, 0.4) is 0 Å². The van der Waals surface area contributed by atoms with Gasteiger partial charge in [-0.15, -0.1) is 0 Å². The lowest BCUT2D eigenvalue weighted by Gasteiger charge is -2.24. The first-order chi connectivity index (χ1) is 7.93. The molecule has 7 heteroatoms. The third-order valence-corrected chi connectivity index (χ3v) is 2.12. The summed E-state index contributed by atoms with van der Waals surface area (Å²) >= 11 is 0. The second-order valence-electron chi connectivity index (χ2n) is 3.71. The van der Waals surface area contributed by atoms with E-state index in [4.69, 9.17) is 10.8 Å². The van der Waals surface area contributed by atoms with E-state index in [2.05, 4.69) is 9.97 Å². The fourth-order valence-corrected chi connectivity index (χ4v) is 1.28. The van der Waals surface area contributed by atoms with Crippen molar-refractivity contribution in [3.05, 3.63) is 18.1 Å². The molecule has 0 aromatic carbocycles. The molecule has 0 aliphatic rings. The summed E-state index contributed by atoms with van der Waals surface area (Å²) in [6.07, 6.45) is 2.70. The summed E-state index contributed by atoms with van der Waals surface area (Å²) in [5.74, 6) is -1.63. The molecule has 0 unspecified atom stereocenters. The van der Waals surface area contributed by atoms with Crippen LogP contribution in [-0.4, -0.2) is 44.4 Å². The van der Waals surface area contributed by atoms with Gasteiger partial charge < -0.3 is 15.7 Å². The molecule has 1 aromatic heterocycles. The molecule has 0 aliphatic heterocycles. The number of hydrogen-bond acceptors (Lipinski definition) is 5. The highest BCUT2D eigenvalue weighted by atomic mass is 16.4. The molecular weight excluding hydrogens is 224 g/mol. The number of nitrogens with zero attached hydrogens (tertiary/aromatic N) is 3. The van der Waals surface area contributed by atoms with Crippen molar-refractivity contribution in [2.75, 3.05) is 12.3 Å². The van der Waals surface area contributed by atoms with Gasteiger partial charge in [0.05, 0.1) is 0 Å². The summed E-state index contributed by atoms with van der Waals surface area (Å²) in [4.78, 5) is 31.4. The van der Waals surface area contributed by atoms with Crippen LogP contribution in [0.5, 0.6) is 0 Å². The maximum absolute atomic E-state index is 12.0. The van der Waals surface area contributed by atoms with Gasteiger partial charge >= 0.3 is 5.97 Å². The summed E-state index contributed by atoms with van der Waals surface area (Å²) < 4.78 is 0. The van der Waals surface area contributed by atoms with E-state index in [1.807, 2.05) is 0 Å². The van der Waals surface area contributed by atoms with Crippen molar-refractivity contribution in [1.29, 1.82) is 0 Å². The normalized spacial score (nSPS) is 10.3. The predicted octanol–water partition coefficient (Wildman–Crippen LogP) is -0.00600. The van der Waals surface area contributed by atoms with Crippen molar-refractivity contribution in [2.24, 2.45) is 0 Å². The number of aromatic nitrogens is 2. The quantitative estimate of drug-likeness (QED) is 0.763. The van der Waals surface area contributed by atoms with Gasteiger partial charge in [-0.05, 0) is 13.8 Å². The zero-order valence-corrected chi connectivity index (χ0v) is 9.62. The number of rotatable bonds is 4. The molecule has 17 heavy (non-hydrogen) atoms. The topological polar surface area (TPSA) is 109 Å². The van der Waals surface area contributed by atoms with Crippen LogP contribution in [0.1, 0.15) is 24.3 Å². The van der Waals surface area contributed by atoms with Crippen LogP contribution < -0.4 is 5.73 Å². The third-order valence-electron chi connectivity index (χ3n) is 2.12. The summed E-state index contributed by atoms with van der Waals surface area (Å²) in [7, 11) is 0. The number of aliphatic carboxylic acids is 1. The Labute approximate surface area is 98.3 Å². The SMILES string of the molecule is CC(C)N(CC(=O)O)C(=O)c1nccnc1N. The number of nitrogen functional groups attached to an aromatic ring is 1. The second kappa shape index (κ2) is 5.24. The van der Waals surface area contributed by atoms with Crippen LogP contribution in [0, 0.1) is 0 Å². The van der Waals surface area contributed by atoms with E-state index in [0.29, 0.717) is 0 Å². The van der Waals surface area contributed by atoms with E-state index < -0.39 is 18.4 Å². The van der Waals surface area contributed by atoms with Gasteiger partial charge in [0.2, 0.25) is 0 Å². The Hall–Kier alpha value is -2.18. The minimum absolute atomic E-state index is 0.00598. The number of nitrogens with two attached hydrogens (primary N) is 1. The smallest absolute Gasteiger partial charge is 0.323 e. The molecule has 1 amide bonds. The Morgan fingerprint density at radius 3 is 2.47 bits per heavy atom. The van der Waals surface area contributed by atoms with Gasteiger partial charge in [-0.3, -0.25) is 9.59 Å². The Morgan fingerprint density at radius 2 is 2.00 bits per heavy atom. The van der Waals surface area contributed by atoms with Crippen LogP contribution in [0.4, 0.5) is 5.82 Å². The Bertz CT molecular complexity index is 433. The summed E-state index contributed by atoms with van der Waals surface area (Å²) in [6, 6.07) is -0.264. The van der Waals surface area contributed by atoms with Crippen LogP contribution in [0.15, 0.2) is 12.4 Å². The molecule has 0 fully saturated rings. The van der Waals surface area contributed by atoms with Crippen LogP contribution in [0.25, 0.3) is 0 Å². The molecule has 0 atom stereocenters. The number of carbonyl (C=O) groups is 2. The Kier molecular flexibility index (Phi) is 3.97. The van der Waals surface area contributed by atoms with Crippen molar-refractivity contribution in [1.82, 2.24) is 14.9 Å². The second-order valence-corrected chi connectivity index (χ2v) is 3.71. The molecule has 0 saturated carbocycles. The highest BCUT2D eigenvalue weighted by Gasteiger charge is 2.24. The molecule has 1 rings (SSSR count). The molecule has 0 aliphatic carbocycles. The maximum Gasteiger partial charge on any atom is 0.323 e. The van der Waals surface area contributed by atoms with Crippen LogP contribution in [-0.2, 0) is 4.79 Å². The molecule has 1 aromatic rings. The summed E-state index contributed by atoms with van der Waals surface area (Å²) in [5, 5.41) is 8.74. The molecule has 0 saturated heterocycles. The molecule has 7 nitrogen and oxygen atoms in total. The largest absolute Gasteiger partial charge is 0.480 e. The number of hydrogen-bond donors (Lipinski definition) is 2. The van der Waals surface area contributed by atoms with Crippen molar-refractivity contribution < 1.29 is 14.7 Å². The van der Waals surface area contributed by atoms with E-state index in [9.17, 15) is 9.59 Å². The molecule has 3 N–H and O–H groups in total. The van der Waals surface area contributed by atoms with E-state index in [1.165, 1.54) is 17.3 Å². The highest BCUT2D eigenvalue weighted by Crippen LogP contribution is 2.10. The van der Waals surface area contributed by atoms with Crippen LogP contribution in [0.2, 0.25) is 0 Å². The first-order valence-corrected chi connectivity index (χ1v) is 5.02. The molecule has 0 radical (unpaired) electrons. The average Bonchev–Trinajstić information content (AvgIpc) is 2.25. The Morgan fingerprint density at radius 1 is 1.41 bits per heavy atom. The number of carboxylic acid groups (broad SMARTS) is 1. The zero-order valence-electron chi connectivity index (χ0n) is 9.62. The van der Waals surface area contributed by atoms with Gasteiger partial charge in [0, 0.05) is 18.4 Å². The predicted molar refractivity (Wildman–Crippen MR) is 60.3 cm³/mol. The first-order valence-electron chi connectivity index (χ1n) is 5.02. The van der Waals surface area contributed by atoms with Gasteiger partial charge in [0.15, 0.2) is 11.5 Å². The minimum atomic E-state index is -1.09. The standard InChI is InChI=1S/C10H14N4O3/c1-6(2)14(5-7(15)16)10(17)8-9(11)13-4-3-12-8/h3-4,6H,5H2,1-2H3,(H2,11,13)(H,15,16). The lowest BCUT2D eigenvalue weighted by atomic mass is 10.2. The van der Waals surface area contributed by atoms with Gasteiger partial charge in [-0.1, -0.05) is 0 Å². The fourth-order valence-electron chi connectivity index (χ4n) is 1.28. The lowest BCUT2D eigenvalue weighted by molar-refractivity contribution is -0.138. The van der Waals surface area contributed by atoms with Crippen molar-refractivity contribution >= 4 is 17.7 Å². The molecule has 92 valence electrons. The zero-order chi connectivity index (χ0) is 13.0. The van der Waals surface area contributed by atoms with E-state index >= 15 is 0 Å². The van der Waals surface area contributed by atoms with Crippen molar-refractivity contribution in [2.45, 2.75) is 19.9 Å². The summed E-state index contributed by atoms with van der Waals surface area (Å²) in [5.41, 5.74) is 5.50. The lowest BCUT2D eigenvalue weighted by Crippen LogP contribution is -2.41. The average molecular weight is 238 g/mol. The number of carboxylic acids is 1. The number of carbonyl (C=O) groups excluding carboxylic acids is 1. The molecule has 0 spiro atoms. The monoisotopic (exact) mass is 238 g/mol.